The molecule has 0 aromatic carbocycles. The van der Waals surface area contributed by atoms with Crippen LogP contribution >= 0.6 is 0 Å². The van der Waals surface area contributed by atoms with Gasteiger partial charge in [-0.25, -0.2) is 8.60 Å². The summed E-state index contributed by atoms with van der Waals surface area (Å²) in [5, 5.41) is -6.75. The molecule has 0 bridgehead atoms. The minimum absolute atomic E-state index is 1.57. The van der Waals surface area contributed by atoms with Crippen molar-refractivity contribution in [3.05, 3.63) is 0 Å². The van der Waals surface area contributed by atoms with Crippen molar-refractivity contribution in [1.29, 1.82) is 0 Å². The van der Waals surface area contributed by atoms with Crippen LogP contribution in [0, 0.1) is 0 Å². The lowest BCUT2D eigenvalue weighted by Gasteiger charge is -2.37. The van der Waals surface area contributed by atoms with E-state index < -0.39 is 65.8 Å². The normalized spacial score (nSPS) is 19.1. The van der Waals surface area contributed by atoms with E-state index in [4.69, 9.17) is 4.55 Å². The van der Waals surface area contributed by atoms with Gasteiger partial charge in [0.05, 0.1) is 0 Å². The molecule has 0 spiro atoms. The zero-order valence-electron chi connectivity index (χ0n) is 13.3. The quantitative estimate of drug-likeness (QED) is 0.329. The van der Waals surface area contributed by atoms with Crippen molar-refractivity contribution < 1.29 is 93.2 Å². The highest BCUT2D eigenvalue weighted by atomic mass is 32.2. The van der Waals surface area contributed by atoms with Crippen LogP contribution in [0.15, 0.2) is 0 Å². The lowest BCUT2D eigenvalue weighted by molar-refractivity contribution is -0.529. The van der Waals surface area contributed by atoms with Gasteiger partial charge in [-0.15, -0.1) is 0 Å². The Kier molecular flexibility index (Phi) is 8.35. The minimum atomic E-state index is -7.64. The summed E-state index contributed by atoms with van der Waals surface area (Å²) in [6.45, 7) is -3.14. The highest BCUT2D eigenvalue weighted by Crippen LogP contribution is 2.53. The molecule has 0 rings (SSSR count). The second kappa shape index (κ2) is 8.67. The maximum atomic E-state index is 13.6. The minimum Gasteiger partial charge on any atom is -0.307 e. The molecule has 31 heavy (non-hydrogen) atoms. The molecule has 0 amide bonds. The van der Waals surface area contributed by atoms with E-state index in [2.05, 4.69) is 4.74 Å². The molecule has 0 saturated carbocycles. The highest BCUT2D eigenvalue weighted by Gasteiger charge is 2.81. The van der Waals surface area contributed by atoms with Gasteiger partial charge in [0.1, 0.15) is 6.61 Å². The van der Waals surface area contributed by atoms with E-state index in [0.717, 1.165) is 0 Å². The van der Waals surface area contributed by atoms with Crippen molar-refractivity contribution in [2.45, 2.75) is 48.1 Å². The Morgan fingerprint density at radius 1 is 0.774 bits per heavy atom. The predicted molar refractivity (Wildman–Crippen MR) is 59.5 cm³/mol. The maximum absolute atomic E-state index is 13.6. The second-order valence-corrected chi connectivity index (χ2v) is 5.91. The summed E-state index contributed by atoms with van der Waals surface area (Å²) in [5.74, 6) is -7.64. The molecule has 3 unspecified atom stereocenters. The van der Waals surface area contributed by atoms with E-state index in [1.165, 1.54) is 0 Å². The van der Waals surface area contributed by atoms with E-state index in [1.54, 1.807) is 4.74 Å². The van der Waals surface area contributed by atoms with Crippen LogP contribution in [-0.2, 0) is 25.3 Å². The Morgan fingerprint density at radius 3 is 1.52 bits per heavy atom. The van der Waals surface area contributed by atoms with Crippen molar-refractivity contribution in [3.8, 4) is 0 Å². The van der Waals surface area contributed by atoms with Crippen molar-refractivity contribution in [2.75, 3.05) is 6.61 Å². The van der Waals surface area contributed by atoms with E-state index in [0.29, 0.717) is 0 Å². The Bertz CT molecular complexity index is 646. The van der Waals surface area contributed by atoms with Crippen LogP contribution in [0.2, 0.25) is 0 Å². The van der Waals surface area contributed by atoms with Crippen LogP contribution in [0.25, 0.3) is 0 Å². The molecular formula is C9H4F16O5S. The van der Waals surface area contributed by atoms with Crippen molar-refractivity contribution in [3.63, 3.8) is 0 Å². The van der Waals surface area contributed by atoms with Crippen LogP contribution in [0.4, 0.5) is 70.2 Å². The zero-order chi connectivity index (χ0) is 25.5. The Morgan fingerprint density at radius 2 is 1.19 bits per heavy atom. The molecule has 0 fully saturated rings. The number of hydrogen-bond donors (Lipinski definition) is 1. The lowest BCUT2D eigenvalue weighted by Crippen LogP contribution is -2.65. The molecule has 0 aliphatic carbocycles. The summed E-state index contributed by atoms with van der Waals surface area (Å²) in [4.78, 5) is 0. The van der Waals surface area contributed by atoms with Gasteiger partial charge in [0.2, 0.25) is 11.1 Å². The molecule has 188 valence electrons. The molecule has 0 aliphatic heterocycles. The third kappa shape index (κ3) is 6.68. The molecule has 3 atom stereocenters. The Hall–Kier alpha value is -1.13. The summed E-state index contributed by atoms with van der Waals surface area (Å²) < 4.78 is 227. The maximum Gasteiger partial charge on any atom is 0.458 e. The van der Waals surface area contributed by atoms with Gasteiger partial charge in [-0.05, 0) is 0 Å². The standard InChI is InChI=1S/C9H4F16O5S/c10-2(4(14,15)28-1-3(11,12)13)29-7(20,21)5(16,6(17,18)19)30-8(22,23)9(24,25)31(26)27/h2H,1H2,(H,26,27). The van der Waals surface area contributed by atoms with Gasteiger partial charge in [-0.1, -0.05) is 0 Å². The number of halogens is 16. The first-order chi connectivity index (χ1) is 13.2. The Balaban J connectivity index is 6.05. The summed E-state index contributed by atoms with van der Waals surface area (Å²) in [7, 11) is 0. The monoisotopic (exact) mass is 528 g/mol. The molecule has 5 nitrogen and oxygen atoms in total. The second-order valence-electron chi connectivity index (χ2n) is 4.89. The molecule has 0 saturated heterocycles. The summed E-state index contributed by atoms with van der Waals surface area (Å²) in [5.41, 5.74) is 0. The van der Waals surface area contributed by atoms with E-state index in [-0.39, 0.29) is 0 Å². The first-order valence-electron chi connectivity index (χ1n) is 6.34. The van der Waals surface area contributed by atoms with Crippen LogP contribution in [0.5, 0.6) is 0 Å². The number of rotatable bonds is 10. The van der Waals surface area contributed by atoms with Crippen molar-refractivity contribution in [1.82, 2.24) is 0 Å². The van der Waals surface area contributed by atoms with E-state index in [1.807, 2.05) is 4.74 Å². The average Bonchev–Trinajstić information content (AvgIpc) is 2.49. The molecule has 22 heteroatoms. The third-order valence-electron chi connectivity index (χ3n) is 2.51. The summed E-state index contributed by atoms with van der Waals surface area (Å²) in [6, 6.07) is 0. The fraction of sp³-hybridized carbons (Fsp3) is 1.00. The van der Waals surface area contributed by atoms with E-state index >= 15 is 0 Å². The smallest absolute Gasteiger partial charge is 0.307 e. The first kappa shape index (κ1) is 29.9. The summed E-state index contributed by atoms with van der Waals surface area (Å²) >= 11 is -5.22. The molecule has 1 N–H and O–H groups in total. The van der Waals surface area contributed by atoms with Crippen LogP contribution in [0.1, 0.15) is 0 Å². The molecule has 0 heterocycles. The molecule has 0 aromatic rings. The fourth-order valence-electron chi connectivity index (χ4n) is 1.14. The molecular weight excluding hydrogens is 524 g/mol. The molecule has 0 aromatic heterocycles. The van der Waals surface area contributed by atoms with Gasteiger partial charge < -0.3 is 9.29 Å². The highest BCUT2D eigenvalue weighted by molar-refractivity contribution is 7.80. The lowest BCUT2D eigenvalue weighted by atomic mass is 10.2. The first-order valence-corrected chi connectivity index (χ1v) is 7.45. The van der Waals surface area contributed by atoms with Crippen LogP contribution in [0.3, 0.4) is 0 Å². The topological polar surface area (TPSA) is 65.0 Å². The van der Waals surface area contributed by atoms with Crippen molar-refractivity contribution >= 4 is 11.1 Å². The fourth-order valence-corrected chi connectivity index (χ4v) is 1.38. The van der Waals surface area contributed by atoms with Crippen LogP contribution < -0.4 is 0 Å². The van der Waals surface area contributed by atoms with Gasteiger partial charge in [-0.3, -0.25) is 9.47 Å². The molecule has 0 radical (unpaired) electrons. The van der Waals surface area contributed by atoms with Gasteiger partial charge in [0.25, 0.3) is 6.36 Å². The predicted octanol–water partition coefficient (Wildman–Crippen LogP) is 4.72. The number of ether oxygens (including phenoxy) is 3. The number of alkyl halides is 16. The van der Waals surface area contributed by atoms with Gasteiger partial charge >= 0.3 is 41.8 Å². The van der Waals surface area contributed by atoms with Gasteiger partial charge in [0.15, 0.2) is 0 Å². The Labute approximate surface area is 160 Å². The molecule has 0 aliphatic rings. The number of hydrogen-bond acceptors (Lipinski definition) is 4. The van der Waals surface area contributed by atoms with Crippen molar-refractivity contribution in [2.24, 2.45) is 0 Å². The SMILES string of the molecule is O=S(O)C(F)(F)C(F)(F)OC(F)(C(F)(F)F)C(F)(F)OC(F)C(F)(F)OCC(F)(F)F. The zero-order valence-corrected chi connectivity index (χ0v) is 14.1. The van der Waals surface area contributed by atoms with E-state index in [9.17, 15) is 74.5 Å². The largest absolute Gasteiger partial charge is 0.458 e. The van der Waals surface area contributed by atoms with Gasteiger partial charge in [-0.2, -0.15) is 65.9 Å². The summed E-state index contributed by atoms with van der Waals surface area (Å²) in [6.07, 6.45) is -39.8. The third-order valence-corrected chi connectivity index (χ3v) is 3.19. The van der Waals surface area contributed by atoms with Crippen LogP contribution in [-0.4, -0.2) is 63.5 Å². The average molecular weight is 528 g/mol. The van der Waals surface area contributed by atoms with Gasteiger partial charge in [0, 0.05) is 0 Å².